The van der Waals surface area contributed by atoms with Crippen LogP contribution in [0.25, 0.3) is 0 Å². The monoisotopic (exact) mass is 368 g/mol. The van der Waals surface area contributed by atoms with Crippen molar-refractivity contribution in [2.75, 3.05) is 13.2 Å². The molecule has 1 aromatic heterocycles. The highest BCUT2D eigenvalue weighted by Gasteiger charge is 2.22. The van der Waals surface area contributed by atoms with Crippen molar-refractivity contribution in [1.82, 2.24) is 20.3 Å². The van der Waals surface area contributed by atoms with Crippen molar-refractivity contribution in [2.45, 2.75) is 12.6 Å². The summed E-state index contributed by atoms with van der Waals surface area (Å²) in [5, 5.41) is 10.6. The lowest BCUT2D eigenvalue weighted by Gasteiger charge is -2.26. The van der Waals surface area contributed by atoms with Crippen LogP contribution in [0.3, 0.4) is 0 Å². The Kier molecular flexibility index (Phi) is 4.69. The highest BCUT2D eigenvalue weighted by Crippen LogP contribution is 2.30. The Balaban J connectivity index is 1.31. The molecule has 0 radical (unpaired) electrons. The minimum atomic E-state index is -0.345. The molecule has 2 aromatic carbocycles. The summed E-state index contributed by atoms with van der Waals surface area (Å²) in [4.78, 5) is 12.3. The third-order valence-corrected chi connectivity index (χ3v) is 4.09. The fourth-order valence-electron chi connectivity index (χ4n) is 2.72. The Labute approximate surface area is 154 Å². The lowest BCUT2D eigenvalue weighted by Crippen LogP contribution is -2.40. The average molecular weight is 368 g/mol. The lowest BCUT2D eigenvalue weighted by molar-refractivity contribution is 0.0786. The highest BCUT2D eigenvalue weighted by molar-refractivity contribution is 5.91. The molecule has 0 aliphatic carbocycles. The number of halogens is 1. The molecule has 0 spiro atoms. The summed E-state index contributed by atoms with van der Waals surface area (Å²) in [6.07, 6.45) is 1.27. The summed E-state index contributed by atoms with van der Waals surface area (Å²) in [6.45, 7) is 1.05. The smallest absolute Gasteiger partial charge is 0.273 e. The number of carbonyl (C=O) groups excluding carboxylic acids is 1. The van der Waals surface area contributed by atoms with E-state index in [-0.39, 0.29) is 30.1 Å². The summed E-state index contributed by atoms with van der Waals surface area (Å²) < 4.78 is 25.9. The van der Waals surface area contributed by atoms with Crippen molar-refractivity contribution >= 4 is 5.91 Å². The van der Waals surface area contributed by atoms with Gasteiger partial charge >= 0.3 is 0 Å². The van der Waals surface area contributed by atoms with Gasteiger partial charge in [0.2, 0.25) is 0 Å². The minimum absolute atomic E-state index is 0.203. The molecule has 27 heavy (non-hydrogen) atoms. The number of rotatable bonds is 5. The number of ether oxygens (including phenoxy) is 2. The van der Waals surface area contributed by atoms with E-state index in [0.29, 0.717) is 24.7 Å². The van der Waals surface area contributed by atoms with Gasteiger partial charge in [0.05, 0.1) is 19.3 Å². The molecule has 2 heterocycles. The average Bonchev–Trinajstić information content (AvgIpc) is 3.16. The zero-order valence-electron chi connectivity index (χ0n) is 14.3. The van der Waals surface area contributed by atoms with E-state index in [9.17, 15) is 9.18 Å². The fraction of sp³-hybridized carbons (Fsp3) is 0.211. The van der Waals surface area contributed by atoms with Gasteiger partial charge in [0, 0.05) is 0 Å². The fourth-order valence-corrected chi connectivity index (χ4v) is 2.72. The number of fused-ring (bicyclic) bond motifs is 1. The van der Waals surface area contributed by atoms with Crippen LogP contribution in [-0.2, 0) is 6.54 Å². The second-order valence-corrected chi connectivity index (χ2v) is 6.14. The van der Waals surface area contributed by atoms with Gasteiger partial charge in [-0.25, -0.2) is 9.07 Å². The van der Waals surface area contributed by atoms with Gasteiger partial charge in [-0.3, -0.25) is 4.79 Å². The normalized spacial score (nSPS) is 15.4. The predicted octanol–water partition coefficient (Wildman–Crippen LogP) is 2.04. The zero-order valence-corrected chi connectivity index (χ0v) is 14.3. The molecule has 1 aliphatic rings. The molecule has 1 N–H and O–H groups in total. The van der Waals surface area contributed by atoms with Crippen LogP contribution < -0.4 is 14.8 Å². The van der Waals surface area contributed by atoms with Crippen LogP contribution in [0.4, 0.5) is 4.39 Å². The molecule has 138 valence electrons. The number of para-hydroxylation sites is 2. The molecule has 0 bridgehead atoms. The number of aromatic nitrogens is 3. The number of hydrogen-bond acceptors (Lipinski definition) is 5. The Morgan fingerprint density at radius 3 is 2.78 bits per heavy atom. The van der Waals surface area contributed by atoms with Gasteiger partial charge in [-0.1, -0.05) is 29.5 Å². The highest BCUT2D eigenvalue weighted by atomic mass is 19.1. The van der Waals surface area contributed by atoms with E-state index in [4.69, 9.17) is 9.47 Å². The summed E-state index contributed by atoms with van der Waals surface area (Å²) >= 11 is 0. The SMILES string of the molecule is O=C(NC[C@@H]1COc2ccccc2O1)c1cn(Cc2ccc(F)cc2)nn1. The van der Waals surface area contributed by atoms with Crippen LogP contribution in [0.2, 0.25) is 0 Å². The first kappa shape index (κ1) is 17.0. The third-order valence-electron chi connectivity index (χ3n) is 4.09. The van der Waals surface area contributed by atoms with Crippen molar-refractivity contribution in [2.24, 2.45) is 0 Å². The summed E-state index contributed by atoms with van der Waals surface area (Å²) in [5.74, 6) is 0.716. The molecule has 0 saturated heterocycles. The lowest BCUT2D eigenvalue weighted by atomic mass is 10.2. The second kappa shape index (κ2) is 7.45. The van der Waals surface area contributed by atoms with Crippen LogP contribution in [0, 0.1) is 5.82 Å². The summed E-state index contributed by atoms with van der Waals surface area (Å²) in [6, 6.07) is 13.5. The zero-order chi connectivity index (χ0) is 18.6. The maximum atomic E-state index is 12.9. The Morgan fingerprint density at radius 2 is 1.96 bits per heavy atom. The number of hydrogen-bond donors (Lipinski definition) is 1. The van der Waals surface area contributed by atoms with Crippen molar-refractivity contribution in [3.8, 4) is 11.5 Å². The van der Waals surface area contributed by atoms with Gasteiger partial charge < -0.3 is 14.8 Å². The van der Waals surface area contributed by atoms with Crippen molar-refractivity contribution in [1.29, 1.82) is 0 Å². The maximum absolute atomic E-state index is 12.9. The van der Waals surface area contributed by atoms with E-state index in [2.05, 4.69) is 15.6 Å². The van der Waals surface area contributed by atoms with E-state index in [1.165, 1.54) is 16.8 Å². The molecule has 8 heteroatoms. The van der Waals surface area contributed by atoms with Crippen LogP contribution in [0.1, 0.15) is 16.1 Å². The van der Waals surface area contributed by atoms with Crippen LogP contribution in [0.15, 0.2) is 54.7 Å². The third kappa shape index (κ3) is 4.05. The van der Waals surface area contributed by atoms with E-state index < -0.39 is 0 Å². The molecule has 1 atom stereocenters. The van der Waals surface area contributed by atoms with Gasteiger partial charge in [0.1, 0.15) is 18.5 Å². The largest absolute Gasteiger partial charge is 0.486 e. The molecular formula is C19H17FN4O3. The first-order chi connectivity index (χ1) is 13.2. The van der Waals surface area contributed by atoms with Crippen molar-refractivity contribution in [3.63, 3.8) is 0 Å². The predicted molar refractivity (Wildman–Crippen MR) is 94.2 cm³/mol. The first-order valence-corrected chi connectivity index (χ1v) is 8.48. The van der Waals surface area contributed by atoms with Gasteiger partial charge in [0.25, 0.3) is 5.91 Å². The Hall–Kier alpha value is -3.42. The molecule has 1 amide bonds. The quantitative estimate of drug-likeness (QED) is 0.746. The number of carbonyl (C=O) groups is 1. The van der Waals surface area contributed by atoms with Crippen molar-refractivity contribution < 1.29 is 18.7 Å². The molecule has 0 fully saturated rings. The van der Waals surface area contributed by atoms with Crippen LogP contribution in [-0.4, -0.2) is 40.2 Å². The number of benzene rings is 2. The minimum Gasteiger partial charge on any atom is -0.486 e. The van der Waals surface area contributed by atoms with E-state index >= 15 is 0 Å². The van der Waals surface area contributed by atoms with Crippen LogP contribution >= 0.6 is 0 Å². The topological polar surface area (TPSA) is 78.3 Å². The molecular weight excluding hydrogens is 351 g/mol. The molecule has 7 nitrogen and oxygen atoms in total. The molecule has 0 unspecified atom stereocenters. The maximum Gasteiger partial charge on any atom is 0.273 e. The number of amides is 1. The van der Waals surface area contributed by atoms with Gasteiger partial charge in [-0.05, 0) is 29.8 Å². The molecule has 4 rings (SSSR count). The Bertz CT molecular complexity index is 942. The second-order valence-electron chi connectivity index (χ2n) is 6.14. The number of nitrogens with zero attached hydrogens (tertiary/aromatic N) is 3. The van der Waals surface area contributed by atoms with Crippen LogP contribution in [0.5, 0.6) is 11.5 Å². The van der Waals surface area contributed by atoms with Crippen molar-refractivity contribution in [3.05, 3.63) is 71.8 Å². The first-order valence-electron chi connectivity index (χ1n) is 8.48. The molecule has 3 aromatic rings. The van der Waals surface area contributed by atoms with E-state index in [1.54, 1.807) is 18.3 Å². The van der Waals surface area contributed by atoms with Gasteiger partial charge in [0.15, 0.2) is 17.2 Å². The summed E-state index contributed by atoms with van der Waals surface area (Å²) in [5.41, 5.74) is 1.06. The Morgan fingerprint density at radius 1 is 1.19 bits per heavy atom. The van der Waals surface area contributed by atoms with E-state index in [1.807, 2.05) is 24.3 Å². The van der Waals surface area contributed by atoms with E-state index in [0.717, 1.165) is 5.56 Å². The summed E-state index contributed by atoms with van der Waals surface area (Å²) in [7, 11) is 0. The number of nitrogens with one attached hydrogen (secondary N) is 1. The van der Waals surface area contributed by atoms with Gasteiger partial charge in [-0.15, -0.1) is 5.10 Å². The molecule has 0 saturated carbocycles. The standard InChI is InChI=1S/C19H17FN4O3/c20-14-7-5-13(6-8-14)10-24-11-16(22-23-24)19(25)21-9-15-12-26-17-3-1-2-4-18(17)27-15/h1-8,11,15H,9-10,12H2,(H,21,25)/t15-/m1/s1. The molecule has 1 aliphatic heterocycles. The van der Waals surface area contributed by atoms with Gasteiger partial charge in [-0.2, -0.15) is 0 Å².